The van der Waals surface area contributed by atoms with E-state index in [4.69, 9.17) is 0 Å². The van der Waals surface area contributed by atoms with Gasteiger partial charge >= 0.3 is 0 Å². The van der Waals surface area contributed by atoms with Crippen LogP contribution in [-0.4, -0.2) is 47.8 Å². The molecular formula is C16H33NOS. The van der Waals surface area contributed by atoms with E-state index in [0.29, 0.717) is 12.0 Å². The molecule has 0 spiro atoms. The third-order valence-electron chi connectivity index (χ3n) is 4.90. The highest BCUT2D eigenvalue weighted by Crippen LogP contribution is 2.34. The topological polar surface area (TPSA) is 23.5 Å². The number of hydrogen-bond acceptors (Lipinski definition) is 3. The number of aliphatic hydroxyl groups excluding tert-OH is 1. The first-order valence-electron chi connectivity index (χ1n) is 7.86. The number of nitrogens with zero attached hydrogens (tertiary/aromatic N) is 1. The van der Waals surface area contributed by atoms with Crippen molar-refractivity contribution in [3.05, 3.63) is 0 Å². The van der Waals surface area contributed by atoms with Gasteiger partial charge in [-0.3, -0.25) is 0 Å². The molecule has 19 heavy (non-hydrogen) atoms. The fraction of sp³-hybridized carbons (Fsp3) is 1.00. The molecule has 0 aliphatic heterocycles. The van der Waals surface area contributed by atoms with Crippen LogP contribution in [0.4, 0.5) is 0 Å². The summed E-state index contributed by atoms with van der Waals surface area (Å²) in [6.07, 6.45) is 6.72. The van der Waals surface area contributed by atoms with E-state index < -0.39 is 0 Å². The maximum atomic E-state index is 10.3. The van der Waals surface area contributed by atoms with Crippen LogP contribution in [0.25, 0.3) is 0 Å². The first-order valence-corrected chi connectivity index (χ1v) is 9.26. The lowest BCUT2D eigenvalue weighted by Gasteiger charge is -2.39. The lowest BCUT2D eigenvalue weighted by molar-refractivity contribution is 0.0173. The van der Waals surface area contributed by atoms with Crippen molar-refractivity contribution in [3.63, 3.8) is 0 Å². The summed E-state index contributed by atoms with van der Waals surface area (Å²) in [5.74, 6) is 3.24. The molecule has 3 heteroatoms. The maximum absolute atomic E-state index is 10.3. The molecule has 1 N–H and O–H groups in total. The van der Waals surface area contributed by atoms with E-state index in [2.05, 4.69) is 39.0 Å². The second kappa shape index (κ2) is 8.53. The van der Waals surface area contributed by atoms with E-state index in [1.807, 2.05) is 11.8 Å². The molecule has 1 saturated carbocycles. The molecule has 0 aromatic heterocycles. The lowest BCUT2D eigenvalue weighted by atomic mass is 9.74. The summed E-state index contributed by atoms with van der Waals surface area (Å²) < 4.78 is 0. The van der Waals surface area contributed by atoms with E-state index >= 15 is 0 Å². The minimum atomic E-state index is -0.0794. The highest BCUT2D eigenvalue weighted by Gasteiger charge is 2.32. The number of aliphatic hydroxyl groups is 1. The first-order chi connectivity index (χ1) is 8.99. The highest BCUT2D eigenvalue weighted by molar-refractivity contribution is 7.98. The van der Waals surface area contributed by atoms with Gasteiger partial charge in [-0.1, -0.05) is 20.8 Å². The summed E-state index contributed by atoms with van der Waals surface area (Å²) in [6, 6.07) is 0.654. The fourth-order valence-electron chi connectivity index (χ4n) is 3.35. The SMILES string of the molecule is CCC(CSC)N(C)CC1CC(C(C)C)CCC1O. The van der Waals surface area contributed by atoms with E-state index in [9.17, 15) is 5.11 Å². The molecule has 1 rings (SSSR count). The summed E-state index contributed by atoms with van der Waals surface area (Å²) >= 11 is 1.93. The van der Waals surface area contributed by atoms with E-state index in [0.717, 1.165) is 24.8 Å². The van der Waals surface area contributed by atoms with Crippen LogP contribution < -0.4 is 0 Å². The Morgan fingerprint density at radius 3 is 2.53 bits per heavy atom. The van der Waals surface area contributed by atoms with Gasteiger partial charge < -0.3 is 10.0 Å². The predicted octanol–water partition coefficient (Wildman–Crippen LogP) is 3.49. The highest BCUT2D eigenvalue weighted by atomic mass is 32.2. The van der Waals surface area contributed by atoms with Gasteiger partial charge in [-0.2, -0.15) is 11.8 Å². The smallest absolute Gasteiger partial charge is 0.0580 e. The Kier molecular flexibility index (Phi) is 7.78. The molecular weight excluding hydrogens is 254 g/mol. The van der Waals surface area contributed by atoms with Gasteiger partial charge in [0, 0.05) is 18.3 Å². The van der Waals surface area contributed by atoms with Crippen LogP contribution >= 0.6 is 11.8 Å². The second-order valence-electron chi connectivity index (χ2n) is 6.60. The molecule has 4 unspecified atom stereocenters. The molecule has 4 atom stereocenters. The van der Waals surface area contributed by atoms with Gasteiger partial charge in [0.05, 0.1) is 6.10 Å². The molecule has 114 valence electrons. The summed E-state index contributed by atoms with van der Waals surface area (Å²) in [5.41, 5.74) is 0. The van der Waals surface area contributed by atoms with Crippen LogP contribution in [0.3, 0.4) is 0 Å². The van der Waals surface area contributed by atoms with Gasteiger partial charge in [0.1, 0.15) is 0 Å². The summed E-state index contributed by atoms with van der Waals surface area (Å²) in [7, 11) is 2.23. The Bertz CT molecular complexity index is 247. The average Bonchev–Trinajstić information content (AvgIpc) is 2.38. The fourth-order valence-corrected chi connectivity index (χ4v) is 4.23. The Balaban J connectivity index is 2.52. The van der Waals surface area contributed by atoms with Crippen molar-refractivity contribution in [1.29, 1.82) is 0 Å². The van der Waals surface area contributed by atoms with Crippen molar-refractivity contribution in [3.8, 4) is 0 Å². The van der Waals surface area contributed by atoms with Crippen molar-refractivity contribution in [2.45, 2.75) is 58.6 Å². The maximum Gasteiger partial charge on any atom is 0.0580 e. The zero-order valence-corrected chi connectivity index (χ0v) is 14.2. The first kappa shape index (κ1) is 17.3. The van der Waals surface area contributed by atoms with Crippen LogP contribution in [0.1, 0.15) is 46.5 Å². The van der Waals surface area contributed by atoms with Crippen molar-refractivity contribution in [2.24, 2.45) is 17.8 Å². The van der Waals surface area contributed by atoms with Crippen LogP contribution in [0.2, 0.25) is 0 Å². The largest absolute Gasteiger partial charge is 0.393 e. The van der Waals surface area contributed by atoms with Gasteiger partial charge in [0.2, 0.25) is 0 Å². The molecule has 2 nitrogen and oxygen atoms in total. The summed E-state index contributed by atoms with van der Waals surface area (Å²) in [6.45, 7) is 7.98. The Morgan fingerprint density at radius 1 is 1.32 bits per heavy atom. The predicted molar refractivity (Wildman–Crippen MR) is 86.8 cm³/mol. The molecule has 0 saturated heterocycles. The summed E-state index contributed by atoms with van der Waals surface area (Å²) in [5, 5.41) is 10.3. The van der Waals surface area contributed by atoms with Crippen molar-refractivity contribution in [2.75, 3.05) is 25.6 Å². The lowest BCUT2D eigenvalue weighted by Crippen LogP contribution is -2.42. The van der Waals surface area contributed by atoms with Crippen LogP contribution in [-0.2, 0) is 0 Å². The molecule has 0 bridgehead atoms. The van der Waals surface area contributed by atoms with Gasteiger partial charge in [-0.15, -0.1) is 0 Å². The quantitative estimate of drug-likeness (QED) is 0.775. The standard InChI is InChI=1S/C16H33NOS/c1-6-15(11-19-5)17(4)10-14-9-13(12(2)3)7-8-16(14)18/h12-16,18H,6-11H2,1-5H3. The average molecular weight is 288 g/mol. The normalized spacial score (nSPS) is 30.0. The second-order valence-corrected chi connectivity index (χ2v) is 7.51. The number of hydrogen-bond donors (Lipinski definition) is 1. The molecule has 0 radical (unpaired) electrons. The molecule has 0 aromatic carbocycles. The van der Waals surface area contributed by atoms with Gasteiger partial charge in [0.25, 0.3) is 0 Å². The Hall–Kier alpha value is 0.270. The third-order valence-corrected chi connectivity index (χ3v) is 5.62. The zero-order chi connectivity index (χ0) is 14.4. The molecule has 1 aliphatic rings. The third kappa shape index (κ3) is 5.28. The minimum Gasteiger partial charge on any atom is -0.393 e. The van der Waals surface area contributed by atoms with Gasteiger partial charge in [0.15, 0.2) is 0 Å². The van der Waals surface area contributed by atoms with Crippen LogP contribution in [0.5, 0.6) is 0 Å². The van der Waals surface area contributed by atoms with E-state index in [1.165, 1.54) is 25.0 Å². The molecule has 1 fully saturated rings. The molecule has 0 aromatic rings. The molecule has 0 heterocycles. The van der Waals surface area contributed by atoms with Crippen LogP contribution in [0, 0.1) is 17.8 Å². The number of thioether (sulfide) groups is 1. The monoisotopic (exact) mass is 287 g/mol. The van der Waals surface area contributed by atoms with E-state index in [1.54, 1.807) is 0 Å². The summed E-state index contributed by atoms with van der Waals surface area (Å²) in [4.78, 5) is 2.48. The molecule has 1 aliphatic carbocycles. The van der Waals surface area contributed by atoms with Crippen molar-refractivity contribution in [1.82, 2.24) is 4.90 Å². The van der Waals surface area contributed by atoms with E-state index in [-0.39, 0.29) is 6.10 Å². The Morgan fingerprint density at radius 2 is 2.00 bits per heavy atom. The molecule has 0 amide bonds. The number of rotatable bonds is 7. The van der Waals surface area contributed by atoms with Gasteiger partial charge in [-0.05, 0) is 56.7 Å². The van der Waals surface area contributed by atoms with Gasteiger partial charge in [-0.25, -0.2) is 0 Å². The zero-order valence-electron chi connectivity index (χ0n) is 13.4. The minimum absolute atomic E-state index is 0.0794. The van der Waals surface area contributed by atoms with Crippen LogP contribution in [0.15, 0.2) is 0 Å². The van der Waals surface area contributed by atoms with Crippen molar-refractivity contribution >= 4 is 11.8 Å². The van der Waals surface area contributed by atoms with Crippen molar-refractivity contribution < 1.29 is 5.11 Å². The Labute approximate surface area is 124 Å².